The Hall–Kier alpha value is -2.69. The van der Waals surface area contributed by atoms with Crippen molar-refractivity contribution < 1.29 is 13.2 Å². The molecule has 0 atom stereocenters. The molecular weight excluding hydrogens is 460 g/mol. The van der Waals surface area contributed by atoms with Gasteiger partial charge in [-0.2, -0.15) is 4.31 Å². The summed E-state index contributed by atoms with van der Waals surface area (Å²) >= 11 is 1.18. The predicted molar refractivity (Wildman–Crippen MR) is 132 cm³/mol. The Morgan fingerprint density at radius 2 is 1.82 bits per heavy atom. The van der Waals surface area contributed by atoms with E-state index in [1.54, 1.807) is 48.7 Å². The maximum absolute atomic E-state index is 12.9. The Balaban J connectivity index is 1.77. The summed E-state index contributed by atoms with van der Waals surface area (Å²) < 4.78 is 28.5. The largest absolute Gasteiger partial charge is 0.325 e. The summed E-state index contributed by atoms with van der Waals surface area (Å²) in [7, 11) is -3.62. The molecule has 2 aromatic carbocycles. The molecule has 0 unspecified atom stereocenters. The summed E-state index contributed by atoms with van der Waals surface area (Å²) in [5.74, 6) is -0.288. The van der Waals surface area contributed by atoms with Crippen LogP contribution in [0.4, 0.5) is 5.69 Å². The second-order valence-electron chi connectivity index (χ2n) is 7.32. The van der Waals surface area contributed by atoms with Crippen molar-refractivity contribution >= 4 is 44.3 Å². The van der Waals surface area contributed by atoms with E-state index in [-0.39, 0.29) is 22.1 Å². The van der Waals surface area contributed by atoms with E-state index in [2.05, 4.69) is 10.3 Å². The number of nitrogens with one attached hydrogen (secondary N) is 1. The van der Waals surface area contributed by atoms with Gasteiger partial charge in [-0.05, 0) is 36.8 Å². The summed E-state index contributed by atoms with van der Waals surface area (Å²) in [4.78, 5) is 30.2. The highest BCUT2D eigenvalue weighted by Gasteiger charge is 2.22. The number of fused-ring (bicyclic) bond motifs is 1. The first kappa shape index (κ1) is 24.9. The van der Waals surface area contributed by atoms with Crippen LogP contribution in [0.25, 0.3) is 10.9 Å². The number of hydrogen-bond acceptors (Lipinski definition) is 6. The first-order valence-corrected chi connectivity index (χ1v) is 13.3. The van der Waals surface area contributed by atoms with E-state index in [0.717, 1.165) is 6.42 Å². The number of amides is 1. The van der Waals surface area contributed by atoms with Crippen LogP contribution < -0.4 is 10.9 Å². The van der Waals surface area contributed by atoms with Crippen LogP contribution in [-0.2, 0) is 21.4 Å². The summed E-state index contributed by atoms with van der Waals surface area (Å²) in [6.07, 6.45) is 0.757. The molecule has 0 saturated carbocycles. The molecule has 0 radical (unpaired) electrons. The Morgan fingerprint density at radius 1 is 1.09 bits per heavy atom. The summed E-state index contributed by atoms with van der Waals surface area (Å²) in [5, 5.41) is 3.77. The van der Waals surface area contributed by atoms with E-state index < -0.39 is 10.0 Å². The van der Waals surface area contributed by atoms with Gasteiger partial charge in [-0.15, -0.1) is 0 Å². The third-order valence-corrected chi connectivity index (χ3v) is 8.09. The standard InChI is InChI=1S/C23H28N4O4S2/c1-4-14-27-22(29)19-12-7-8-13-20(19)25-23(27)32-16-21(28)24-17-10-9-11-18(15-17)33(30,31)26(5-2)6-3/h7-13,15H,4-6,14,16H2,1-3H3,(H,24,28). The number of hydrogen-bond donors (Lipinski definition) is 1. The van der Waals surface area contributed by atoms with Crippen LogP contribution in [-0.4, -0.2) is 47.0 Å². The zero-order chi connectivity index (χ0) is 24.0. The Morgan fingerprint density at radius 3 is 2.52 bits per heavy atom. The Labute approximate surface area is 198 Å². The van der Waals surface area contributed by atoms with Gasteiger partial charge in [-0.25, -0.2) is 13.4 Å². The highest BCUT2D eigenvalue weighted by Crippen LogP contribution is 2.21. The van der Waals surface area contributed by atoms with E-state index in [0.29, 0.717) is 41.4 Å². The highest BCUT2D eigenvalue weighted by molar-refractivity contribution is 7.99. The van der Waals surface area contributed by atoms with Crippen LogP contribution in [0.5, 0.6) is 0 Å². The van der Waals surface area contributed by atoms with Crippen LogP contribution in [0.15, 0.2) is 63.4 Å². The molecule has 0 aliphatic rings. The quantitative estimate of drug-likeness (QED) is 0.346. The molecule has 3 aromatic rings. The number of carbonyl (C=O) groups is 1. The zero-order valence-corrected chi connectivity index (χ0v) is 20.6. The number of para-hydroxylation sites is 1. The maximum atomic E-state index is 12.9. The van der Waals surface area contributed by atoms with E-state index in [9.17, 15) is 18.0 Å². The lowest BCUT2D eigenvalue weighted by Crippen LogP contribution is -2.30. The highest BCUT2D eigenvalue weighted by atomic mass is 32.2. The van der Waals surface area contributed by atoms with Gasteiger partial charge in [-0.1, -0.05) is 50.7 Å². The smallest absolute Gasteiger partial charge is 0.262 e. The van der Waals surface area contributed by atoms with Crippen molar-refractivity contribution in [1.29, 1.82) is 0 Å². The van der Waals surface area contributed by atoms with Gasteiger partial charge in [0.1, 0.15) is 0 Å². The maximum Gasteiger partial charge on any atom is 0.262 e. The average Bonchev–Trinajstić information content (AvgIpc) is 2.80. The summed E-state index contributed by atoms with van der Waals surface area (Å²) in [6.45, 7) is 6.77. The number of aromatic nitrogens is 2. The molecule has 1 N–H and O–H groups in total. The van der Waals surface area contributed by atoms with Crippen molar-refractivity contribution in [2.75, 3.05) is 24.2 Å². The fourth-order valence-corrected chi connectivity index (χ4v) is 5.78. The second-order valence-corrected chi connectivity index (χ2v) is 10.2. The molecule has 176 valence electrons. The average molecular weight is 489 g/mol. The number of carbonyl (C=O) groups excluding carboxylic acids is 1. The van der Waals surface area contributed by atoms with Crippen molar-refractivity contribution in [2.45, 2.75) is 43.8 Å². The minimum atomic E-state index is -3.62. The SMILES string of the molecule is CCCn1c(SCC(=O)Nc2cccc(S(=O)(=O)N(CC)CC)c2)nc2ccccc2c1=O. The number of benzene rings is 2. The molecule has 8 nitrogen and oxygen atoms in total. The lowest BCUT2D eigenvalue weighted by molar-refractivity contribution is -0.113. The topological polar surface area (TPSA) is 101 Å². The molecule has 0 fully saturated rings. The minimum absolute atomic E-state index is 0.0293. The molecule has 1 aromatic heterocycles. The summed E-state index contributed by atoms with van der Waals surface area (Å²) in [5.41, 5.74) is 0.859. The number of anilines is 1. The fourth-order valence-electron chi connectivity index (χ4n) is 3.45. The third kappa shape index (κ3) is 5.63. The number of sulfonamides is 1. The van der Waals surface area contributed by atoms with E-state index in [1.807, 2.05) is 13.0 Å². The summed E-state index contributed by atoms with van der Waals surface area (Å²) in [6, 6.07) is 13.4. The molecular formula is C23H28N4O4S2. The van der Waals surface area contributed by atoms with Gasteiger partial charge >= 0.3 is 0 Å². The molecule has 0 aliphatic carbocycles. The number of thioether (sulfide) groups is 1. The van der Waals surface area contributed by atoms with Crippen molar-refractivity contribution in [1.82, 2.24) is 13.9 Å². The Bertz CT molecular complexity index is 1300. The minimum Gasteiger partial charge on any atom is -0.325 e. The van der Waals surface area contributed by atoms with Crippen molar-refractivity contribution in [3.8, 4) is 0 Å². The molecule has 33 heavy (non-hydrogen) atoms. The predicted octanol–water partition coefficient (Wildman–Crippen LogP) is 3.57. The van der Waals surface area contributed by atoms with Gasteiger partial charge in [-0.3, -0.25) is 14.2 Å². The molecule has 3 rings (SSSR count). The first-order chi connectivity index (χ1) is 15.8. The van der Waals surface area contributed by atoms with Crippen molar-refractivity contribution in [2.24, 2.45) is 0 Å². The zero-order valence-electron chi connectivity index (χ0n) is 18.9. The van der Waals surface area contributed by atoms with E-state index in [1.165, 1.54) is 28.2 Å². The van der Waals surface area contributed by atoms with Crippen LogP contribution in [0.2, 0.25) is 0 Å². The molecule has 1 amide bonds. The van der Waals surface area contributed by atoms with E-state index >= 15 is 0 Å². The van der Waals surface area contributed by atoms with Crippen LogP contribution >= 0.6 is 11.8 Å². The third-order valence-electron chi connectivity index (χ3n) is 5.07. The first-order valence-electron chi connectivity index (χ1n) is 10.8. The van der Waals surface area contributed by atoms with Gasteiger partial charge < -0.3 is 5.32 Å². The second kappa shape index (κ2) is 11.0. The number of nitrogens with zero attached hydrogens (tertiary/aromatic N) is 3. The molecule has 10 heteroatoms. The van der Waals surface area contributed by atoms with Gasteiger partial charge in [0.05, 0.1) is 21.6 Å². The van der Waals surface area contributed by atoms with Gasteiger partial charge in [0.15, 0.2) is 5.16 Å². The molecule has 0 spiro atoms. The van der Waals surface area contributed by atoms with Crippen molar-refractivity contribution in [3.05, 3.63) is 58.9 Å². The van der Waals surface area contributed by atoms with E-state index in [4.69, 9.17) is 0 Å². The van der Waals surface area contributed by atoms with Crippen molar-refractivity contribution in [3.63, 3.8) is 0 Å². The molecule has 0 saturated heterocycles. The van der Waals surface area contributed by atoms with Crippen LogP contribution in [0.3, 0.4) is 0 Å². The van der Waals surface area contributed by atoms with Gasteiger partial charge in [0.25, 0.3) is 5.56 Å². The van der Waals surface area contributed by atoms with Gasteiger partial charge in [0.2, 0.25) is 15.9 Å². The monoisotopic (exact) mass is 488 g/mol. The fraction of sp³-hybridized carbons (Fsp3) is 0.348. The number of rotatable bonds is 10. The molecule has 0 aliphatic heterocycles. The lowest BCUT2D eigenvalue weighted by atomic mass is 10.2. The molecule has 0 bridgehead atoms. The Kier molecular flexibility index (Phi) is 8.28. The van der Waals surface area contributed by atoms with Crippen LogP contribution in [0.1, 0.15) is 27.2 Å². The van der Waals surface area contributed by atoms with Crippen LogP contribution in [0, 0.1) is 0 Å². The molecule has 1 heterocycles. The lowest BCUT2D eigenvalue weighted by Gasteiger charge is -2.18. The van der Waals surface area contributed by atoms with Gasteiger partial charge in [0, 0.05) is 25.3 Å². The normalized spacial score (nSPS) is 11.8.